The van der Waals surface area contributed by atoms with Crippen LogP contribution in [0.1, 0.15) is 28.4 Å². The van der Waals surface area contributed by atoms with Crippen LogP contribution in [-0.4, -0.2) is 24.7 Å². The molecule has 2 aromatic carbocycles. The molecular weight excluding hydrogens is 350 g/mol. The normalized spacial score (nSPS) is 10.0. The number of carbonyl (C=O) groups excluding carboxylic acids is 1. The summed E-state index contributed by atoms with van der Waals surface area (Å²) >= 11 is 5.21. The maximum Gasteiger partial charge on any atom is 0.269 e. The second kappa shape index (κ2) is 9.05. The van der Waals surface area contributed by atoms with E-state index in [-0.39, 0.29) is 5.91 Å². The molecule has 0 aromatic heterocycles. The average Bonchev–Trinajstić information content (AvgIpc) is 2.59. The Kier molecular flexibility index (Phi) is 6.80. The van der Waals surface area contributed by atoms with E-state index in [1.54, 1.807) is 18.2 Å². The van der Waals surface area contributed by atoms with E-state index < -0.39 is 0 Å². The monoisotopic (exact) mass is 373 g/mol. The quantitative estimate of drug-likeness (QED) is 0.552. The summed E-state index contributed by atoms with van der Waals surface area (Å²) < 4.78 is 10.7. The smallest absolute Gasteiger partial charge is 0.269 e. The van der Waals surface area contributed by atoms with Crippen molar-refractivity contribution >= 4 is 28.9 Å². The predicted octanol–water partition coefficient (Wildman–Crippen LogP) is 3.34. The number of hydrogen-bond acceptors (Lipinski definition) is 4. The highest BCUT2D eigenvalue weighted by Gasteiger charge is 2.11. The van der Waals surface area contributed by atoms with E-state index >= 15 is 0 Å². The van der Waals surface area contributed by atoms with Gasteiger partial charge in [-0.25, -0.2) is 0 Å². The Morgan fingerprint density at radius 2 is 1.73 bits per heavy atom. The third-order valence-electron chi connectivity index (χ3n) is 3.49. The molecule has 0 fully saturated rings. The lowest BCUT2D eigenvalue weighted by Crippen LogP contribution is -2.43. The predicted molar refractivity (Wildman–Crippen MR) is 107 cm³/mol. The molecule has 0 aliphatic rings. The van der Waals surface area contributed by atoms with Gasteiger partial charge in [0.2, 0.25) is 0 Å². The Hall–Kier alpha value is -2.80. The number of rotatable bonds is 5. The van der Waals surface area contributed by atoms with E-state index in [1.165, 1.54) is 7.11 Å². The number of methoxy groups -OCH3 is 1. The van der Waals surface area contributed by atoms with Crippen LogP contribution in [0.5, 0.6) is 11.5 Å². The van der Waals surface area contributed by atoms with E-state index in [2.05, 4.69) is 22.2 Å². The van der Waals surface area contributed by atoms with Crippen molar-refractivity contribution < 1.29 is 14.3 Å². The highest BCUT2D eigenvalue weighted by atomic mass is 32.1. The summed E-state index contributed by atoms with van der Waals surface area (Å²) in [7, 11) is 1.53. The topological polar surface area (TPSA) is 71.6 Å². The minimum Gasteiger partial charge on any atom is -0.493 e. The fraction of sp³-hybridized carbons (Fsp3) is 0.263. The van der Waals surface area contributed by atoms with Crippen molar-refractivity contribution in [3.63, 3.8) is 0 Å². The molecule has 3 N–H and O–H groups in total. The third kappa shape index (κ3) is 5.35. The van der Waals surface area contributed by atoms with Gasteiger partial charge in [-0.05, 0) is 74.4 Å². The fourth-order valence-electron chi connectivity index (χ4n) is 2.48. The summed E-state index contributed by atoms with van der Waals surface area (Å²) in [6.07, 6.45) is 0. The molecule has 6 nitrogen and oxygen atoms in total. The van der Waals surface area contributed by atoms with Crippen LogP contribution in [0.2, 0.25) is 0 Å². The molecule has 7 heteroatoms. The van der Waals surface area contributed by atoms with Gasteiger partial charge in [0.25, 0.3) is 5.91 Å². The summed E-state index contributed by atoms with van der Waals surface area (Å²) in [6, 6.07) is 11.0. The molecule has 0 saturated heterocycles. The molecule has 0 heterocycles. The maximum atomic E-state index is 12.3. The van der Waals surface area contributed by atoms with Gasteiger partial charge in [-0.15, -0.1) is 0 Å². The number of amides is 1. The zero-order valence-electron chi connectivity index (χ0n) is 15.3. The van der Waals surface area contributed by atoms with Gasteiger partial charge in [0.05, 0.1) is 13.7 Å². The number of anilines is 1. The molecule has 2 rings (SSSR count). The molecule has 0 atom stereocenters. The molecule has 1 amide bonds. The standard InChI is InChI=1S/C19H23N3O3S/c1-5-25-16-7-6-14(11-17(16)24-4)18(23)21-22-19(26)20-15-9-12(2)8-13(3)10-15/h6-11H,5H2,1-4H3,(H,21,23)(H2,20,22,26). The molecule has 138 valence electrons. The average molecular weight is 373 g/mol. The molecule has 0 saturated carbocycles. The number of aryl methyl sites for hydroxylation is 2. The molecule has 26 heavy (non-hydrogen) atoms. The van der Waals surface area contributed by atoms with Gasteiger partial charge in [0, 0.05) is 11.3 Å². The SMILES string of the molecule is CCOc1ccc(C(=O)NNC(=S)Nc2cc(C)cc(C)c2)cc1OC. The van der Waals surface area contributed by atoms with Crippen molar-refractivity contribution in [2.75, 3.05) is 19.0 Å². The van der Waals surface area contributed by atoms with Crippen molar-refractivity contribution in [1.82, 2.24) is 10.9 Å². The van der Waals surface area contributed by atoms with Crippen LogP contribution in [0, 0.1) is 13.8 Å². The first-order chi connectivity index (χ1) is 12.4. The number of hydrazine groups is 1. The largest absolute Gasteiger partial charge is 0.493 e. The lowest BCUT2D eigenvalue weighted by Gasteiger charge is -2.14. The van der Waals surface area contributed by atoms with Gasteiger partial charge < -0.3 is 14.8 Å². The number of carbonyl (C=O) groups is 1. The first-order valence-electron chi connectivity index (χ1n) is 8.19. The van der Waals surface area contributed by atoms with Gasteiger partial charge in [0.15, 0.2) is 16.6 Å². The fourth-order valence-corrected chi connectivity index (χ4v) is 2.65. The number of nitrogens with one attached hydrogen (secondary N) is 3. The Labute approximate surface area is 158 Å². The summed E-state index contributed by atoms with van der Waals surface area (Å²) in [5.41, 5.74) is 8.79. The Balaban J connectivity index is 1.96. The van der Waals surface area contributed by atoms with Crippen LogP contribution < -0.4 is 25.6 Å². The molecule has 0 aliphatic carbocycles. The van der Waals surface area contributed by atoms with Crippen LogP contribution in [-0.2, 0) is 0 Å². The van der Waals surface area contributed by atoms with Crippen molar-refractivity contribution in [3.05, 3.63) is 53.1 Å². The van der Waals surface area contributed by atoms with Crippen molar-refractivity contribution in [3.8, 4) is 11.5 Å². The molecule has 0 bridgehead atoms. The Morgan fingerprint density at radius 3 is 2.35 bits per heavy atom. The first-order valence-corrected chi connectivity index (χ1v) is 8.60. The molecule has 2 aromatic rings. The lowest BCUT2D eigenvalue weighted by molar-refractivity contribution is 0.0943. The van der Waals surface area contributed by atoms with E-state index in [4.69, 9.17) is 21.7 Å². The molecule has 0 unspecified atom stereocenters. The van der Waals surface area contributed by atoms with Gasteiger partial charge >= 0.3 is 0 Å². The van der Waals surface area contributed by atoms with E-state index in [0.29, 0.717) is 28.8 Å². The molecule has 0 aliphatic heterocycles. The van der Waals surface area contributed by atoms with Crippen molar-refractivity contribution in [1.29, 1.82) is 0 Å². The second-order valence-electron chi connectivity index (χ2n) is 5.71. The van der Waals surface area contributed by atoms with Crippen molar-refractivity contribution in [2.45, 2.75) is 20.8 Å². The van der Waals surface area contributed by atoms with Gasteiger partial charge in [-0.3, -0.25) is 15.6 Å². The highest BCUT2D eigenvalue weighted by molar-refractivity contribution is 7.80. The van der Waals surface area contributed by atoms with Crippen LogP contribution in [0.25, 0.3) is 0 Å². The highest BCUT2D eigenvalue weighted by Crippen LogP contribution is 2.27. The maximum absolute atomic E-state index is 12.3. The minimum atomic E-state index is -0.337. The minimum absolute atomic E-state index is 0.293. The Bertz CT molecular complexity index is 788. The number of benzene rings is 2. The van der Waals surface area contributed by atoms with E-state index in [9.17, 15) is 4.79 Å². The van der Waals surface area contributed by atoms with Crippen LogP contribution in [0.4, 0.5) is 5.69 Å². The van der Waals surface area contributed by atoms with Crippen LogP contribution >= 0.6 is 12.2 Å². The number of thiocarbonyl (C=S) groups is 1. The Morgan fingerprint density at radius 1 is 1.04 bits per heavy atom. The number of hydrogen-bond donors (Lipinski definition) is 3. The van der Waals surface area contributed by atoms with Gasteiger partial charge in [-0.1, -0.05) is 6.07 Å². The molecular formula is C19H23N3O3S. The lowest BCUT2D eigenvalue weighted by atomic mass is 10.1. The summed E-state index contributed by atoms with van der Waals surface area (Å²) in [5.74, 6) is 0.748. The summed E-state index contributed by atoms with van der Waals surface area (Å²) in [5, 5.41) is 3.33. The molecule has 0 radical (unpaired) electrons. The summed E-state index contributed by atoms with van der Waals surface area (Å²) in [6.45, 7) is 6.42. The number of ether oxygens (including phenoxy) is 2. The molecule has 0 spiro atoms. The van der Waals surface area contributed by atoms with Crippen LogP contribution in [0.3, 0.4) is 0 Å². The second-order valence-corrected chi connectivity index (χ2v) is 6.12. The summed E-state index contributed by atoms with van der Waals surface area (Å²) in [4.78, 5) is 12.3. The third-order valence-corrected chi connectivity index (χ3v) is 3.70. The first kappa shape index (κ1) is 19.5. The van der Waals surface area contributed by atoms with Crippen LogP contribution in [0.15, 0.2) is 36.4 Å². The zero-order valence-corrected chi connectivity index (χ0v) is 16.1. The zero-order chi connectivity index (χ0) is 19.1. The van der Waals surface area contributed by atoms with Gasteiger partial charge in [-0.2, -0.15) is 0 Å². The van der Waals surface area contributed by atoms with E-state index in [0.717, 1.165) is 16.8 Å². The van der Waals surface area contributed by atoms with E-state index in [1.807, 2.05) is 32.9 Å². The van der Waals surface area contributed by atoms with Gasteiger partial charge in [0.1, 0.15) is 0 Å². The van der Waals surface area contributed by atoms with Crippen molar-refractivity contribution in [2.24, 2.45) is 0 Å².